The van der Waals surface area contributed by atoms with E-state index in [1.807, 2.05) is 0 Å². The quantitative estimate of drug-likeness (QED) is 0.394. The first kappa shape index (κ1) is 11.0. The molecule has 11 heavy (non-hydrogen) atoms. The van der Waals surface area contributed by atoms with E-state index in [1.165, 1.54) is 13.3 Å². The van der Waals surface area contributed by atoms with Gasteiger partial charge in [0.15, 0.2) is 5.12 Å². The van der Waals surface area contributed by atoms with E-state index in [2.05, 4.69) is 4.74 Å². The van der Waals surface area contributed by atoms with Gasteiger partial charge in [-0.2, -0.15) is 0 Å². The van der Waals surface area contributed by atoms with Gasteiger partial charge in [0, 0.05) is 0 Å². The summed E-state index contributed by atoms with van der Waals surface area (Å²) in [4.78, 5) is 10.9. The highest BCUT2D eigenvalue weighted by atomic mass is 35.5. The Hall–Kier alpha value is -0.0100. The molecule has 1 atom stereocenters. The highest BCUT2D eigenvalue weighted by molar-refractivity contribution is 7.65. The van der Waals surface area contributed by atoms with Gasteiger partial charge in [0.1, 0.15) is 7.14 Å². The van der Waals surface area contributed by atoms with Crippen molar-refractivity contribution in [3.05, 3.63) is 0 Å². The van der Waals surface area contributed by atoms with Crippen LogP contribution in [0.15, 0.2) is 0 Å². The summed E-state index contributed by atoms with van der Waals surface area (Å²) in [5.41, 5.74) is 0. The van der Waals surface area contributed by atoms with Crippen molar-refractivity contribution in [1.82, 2.24) is 0 Å². The molecular weight excluding hydrogens is 186 g/mol. The zero-order valence-electron chi connectivity index (χ0n) is 6.83. The third-order valence-electron chi connectivity index (χ3n) is 1.03. The maximum absolute atomic E-state index is 11.2. The molecule has 0 rings (SSSR count). The second-order valence-corrected chi connectivity index (χ2v) is 6.65. The molecule has 0 heterocycles. The minimum atomic E-state index is -2.55. The highest BCUT2D eigenvalue weighted by Gasteiger charge is 2.29. The molecule has 0 aromatic heterocycles. The number of alkyl halides is 1. The smallest absolute Gasteiger partial charge is 0.331 e. The van der Waals surface area contributed by atoms with Crippen LogP contribution in [-0.4, -0.2) is 31.0 Å². The number of hydrogen-bond donors (Lipinski definition) is 0. The molecule has 0 amide bonds. The molecule has 3 nitrogen and oxygen atoms in total. The topological polar surface area (TPSA) is 43.4 Å². The van der Waals surface area contributed by atoms with Gasteiger partial charge < -0.3 is 9.30 Å². The van der Waals surface area contributed by atoms with Crippen molar-refractivity contribution in [1.29, 1.82) is 0 Å². The third-order valence-corrected chi connectivity index (χ3v) is 3.92. The van der Waals surface area contributed by atoms with Crippen LogP contribution in [0.3, 0.4) is 0 Å². The SMILES string of the molecule is CCOC(=O)C(Cl)P(C)(C)=O. The van der Waals surface area contributed by atoms with Crippen molar-refractivity contribution in [3.63, 3.8) is 0 Å². The Kier molecular flexibility index (Phi) is 4.12. The lowest BCUT2D eigenvalue weighted by atomic mass is 10.7. The Bertz CT molecular complexity index is 186. The Morgan fingerprint density at radius 3 is 2.36 bits per heavy atom. The fraction of sp³-hybridized carbons (Fsp3) is 0.833. The van der Waals surface area contributed by atoms with E-state index in [1.54, 1.807) is 6.92 Å². The molecule has 0 bridgehead atoms. The number of hydrogen-bond acceptors (Lipinski definition) is 3. The average molecular weight is 199 g/mol. The standard InChI is InChI=1S/C6H12ClO3P/c1-4-10-6(8)5(7)11(2,3)9/h5H,4H2,1-3H3. The summed E-state index contributed by atoms with van der Waals surface area (Å²) in [5.74, 6) is -0.595. The van der Waals surface area contributed by atoms with Crippen molar-refractivity contribution in [2.24, 2.45) is 0 Å². The minimum absolute atomic E-state index is 0.266. The summed E-state index contributed by atoms with van der Waals surface area (Å²) in [6, 6.07) is 0. The van der Waals surface area contributed by atoms with Crippen LogP contribution in [0.1, 0.15) is 6.92 Å². The van der Waals surface area contributed by atoms with Crippen molar-refractivity contribution >= 4 is 24.7 Å². The van der Waals surface area contributed by atoms with E-state index < -0.39 is 18.2 Å². The Balaban J connectivity index is 4.14. The van der Waals surface area contributed by atoms with Gasteiger partial charge in [-0.05, 0) is 20.3 Å². The zero-order valence-corrected chi connectivity index (χ0v) is 8.48. The monoisotopic (exact) mass is 198 g/mol. The lowest BCUT2D eigenvalue weighted by Gasteiger charge is -2.12. The first-order chi connectivity index (χ1) is 4.89. The van der Waals surface area contributed by atoms with E-state index in [-0.39, 0.29) is 6.61 Å². The molecule has 0 spiro atoms. The Morgan fingerprint density at radius 2 is 2.09 bits per heavy atom. The summed E-state index contributed by atoms with van der Waals surface area (Å²) >= 11 is 5.55. The Morgan fingerprint density at radius 1 is 1.64 bits per heavy atom. The number of halogens is 1. The first-order valence-corrected chi connectivity index (χ1v) is 6.35. The van der Waals surface area contributed by atoms with Crippen LogP contribution in [0.25, 0.3) is 0 Å². The number of carbonyl (C=O) groups is 1. The molecule has 1 unspecified atom stereocenters. The van der Waals surface area contributed by atoms with E-state index >= 15 is 0 Å². The summed E-state index contributed by atoms with van der Waals surface area (Å²) in [5, 5.41) is -0.998. The second kappa shape index (κ2) is 4.13. The van der Waals surface area contributed by atoms with Crippen molar-refractivity contribution in [3.8, 4) is 0 Å². The van der Waals surface area contributed by atoms with E-state index in [0.717, 1.165) is 0 Å². The van der Waals surface area contributed by atoms with Crippen LogP contribution in [0, 0.1) is 0 Å². The van der Waals surface area contributed by atoms with Gasteiger partial charge in [-0.1, -0.05) is 0 Å². The molecule has 0 fully saturated rings. The van der Waals surface area contributed by atoms with E-state index in [9.17, 15) is 9.36 Å². The molecular formula is C6H12ClO3P. The second-order valence-electron chi connectivity index (χ2n) is 2.52. The molecule has 0 N–H and O–H groups in total. The van der Waals surface area contributed by atoms with Crippen molar-refractivity contribution < 1.29 is 14.1 Å². The molecule has 0 saturated carbocycles. The van der Waals surface area contributed by atoms with Gasteiger partial charge in [-0.15, -0.1) is 11.6 Å². The predicted octanol–water partition coefficient (Wildman–Crippen LogP) is 1.74. The number of rotatable bonds is 3. The average Bonchev–Trinajstić information content (AvgIpc) is 1.85. The van der Waals surface area contributed by atoms with Crippen LogP contribution >= 0.6 is 18.7 Å². The highest BCUT2D eigenvalue weighted by Crippen LogP contribution is 2.45. The molecule has 0 saturated heterocycles. The summed E-state index contributed by atoms with van der Waals surface area (Å²) in [6.07, 6.45) is 0. The van der Waals surface area contributed by atoms with Crippen LogP contribution in [0.5, 0.6) is 0 Å². The number of esters is 1. The maximum atomic E-state index is 11.2. The summed E-state index contributed by atoms with van der Waals surface area (Å²) < 4.78 is 15.8. The van der Waals surface area contributed by atoms with Gasteiger partial charge >= 0.3 is 5.97 Å². The first-order valence-electron chi connectivity index (χ1n) is 3.25. The maximum Gasteiger partial charge on any atom is 0.331 e. The van der Waals surface area contributed by atoms with Gasteiger partial charge in [0.05, 0.1) is 6.61 Å². The lowest BCUT2D eigenvalue weighted by molar-refractivity contribution is -0.140. The molecule has 0 aromatic rings. The summed E-state index contributed by atoms with van der Waals surface area (Å²) in [6.45, 7) is 4.86. The molecule has 0 aliphatic carbocycles. The van der Waals surface area contributed by atoms with Crippen LogP contribution in [0.4, 0.5) is 0 Å². The number of carbonyl (C=O) groups excluding carboxylic acids is 1. The van der Waals surface area contributed by atoms with Crippen molar-refractivity contribution in [2.45, 2.75) is 12.0 Å². The summed E-state index contributed by atoms with van der Waals surface area (Å²) in [7, 11) is -2.55. The predicted molar refractivity (Wildman–Crippen MR) is 45.7 cm³/mol. The van der Waals surface area contributed by atoms with Gasteiger partial charge in [-0.25, -0.2) is 4.79 Å². The third kappa shape index (κ3) is 3.78. The molecule has 0 radical (unpaired) electrons. The van der Waals surface area contributed by atoms with Gasteiger partial charge in [-0.3, -0.25) is 0 Å². The molecule has 0 aliphatic heterocycles. The Labute approximate surface area is 71.4 Å². The fourth-order valence-corrected chi connectivity index (χ4v) is 1.11. The van der Waals surface area contributed by atoms with Crippen molar-refractivity contribution in [2.75, 3.05) is 19.9 Å². The largest absolute Gasteiger partial charge is 0.465 e. The van der Waals surface area contributed by atoms with E-state index in [4.69, 9.17) is 11.6 Å². The fourth-order valence-electron chi connectivity index (χ4n) is 0.465. The lowest BCUT2D eigenvalue weighted by Crippen LogP contribution is -2.17. The normalized spacial score (nSPS) is 14.2. The molecule has 5 heteroatoms. The number of ether oxygens (including phenoxy) is 1. The van der Waals surface area contributed by atoms with Gasteiger partial charge in [0.2, 0.25) is 0 Å². The van der Waals surface area contributed by atoms with Crippen LogP contribution in [-0.2, 0) is 14.1 Å². The van der Waals surface area contributed by atoms with Crippen LogP contribution in [0.2, 0.25) is 0 Å². The van der Waals surface area contributed by atoms with Gasteiger partial charge in [0.25, 0.3) is 0 Å². The molecule has 0 aliphatic rings. The zero-order chi connectivity index (χ0) is 9.07. The minimum Gasteiger partial charge on any atom is -0.465 e. The van der Waals surface area contributed by atoms with E-state index in [0.29, 0.717) is 0 Å². The molecule has 0 aromatic carbocycles. The van der Waals surface area contributed by atoms with Crippen LogP contribution < -0.4 is 0 Å². The molecule has 66 valence electrons.